The highest BCUT2D eigenvalue weighted by molar-refractivity contribution is 5.99. The van der Waals surface area contributed by atoms with Crippen LogP contribution in [0.1, 0.15) is 37.6 Å². The molecule has 0 unspecified atom stereocenters. The molecule has 0 aliphatic heterocycles. The third-order valence-electron chi connectivity index (χ3n) is 3.32. The second-order valence-corrected chi connectivity index (χ2v) is 5.78. The maximum atomic E-state index is 13.8. The number of para-hydroxylation sites is 1. The molecule has 0 heterocycles. The first-order valence-electron chi connectivity index (χ1n) is 7.21. The van der Waals surface area contributed by atoms with Crippen molar-refractivity contribution in [3.05, 3.63) is 29.6 Å². The van der Waals surface area contributed by atoms with Gasteiger partial charge in [0, 0.05) is 26.8 Å². The van der Waals surface area contributed by atoms with Gasteiger partial charge in [-0.25, -0.2) is 4.39 Å². The average Bonchev–Trinajstić information content (AvgIpc) is 2.45. The number of rotatable bonds is 8. The van der Waals surface area contributed by atoms with E-state index >= 15 is 0 Å². The second-order valence-electron chi connectivity index (χ2n) is 5.78. The Balaban J connectivity index is 2.74. The first-order chi connectivity index (χ1) is 9.91. The number of carbonyl (C=O) groups excluding carboxylic acids is 1. The number of carbonyl (C=O) groups is 1. The minimum atomic E-state index is -0.414. The number of amides is 1. The predicted octanol–water partition coefficient (Wildman–Crippen LogP) is 3.05. The summed E-state index contributed by atoms with van der Waals surface area (Å²) in [6.45, 7) is 7.69. The van der Waals surface area contributed by atoms with Gasteiger partial charge in [0.25, 0.3) is 5.91 Å². The molecule has 0 fully saturated rings. The van der Waals surface area contributed by atoms with Gasteiger partial charge in [0.1, 0.15) is 5.82 Å². The van der Waals surface area contributed by atoms with Crippen LogP contribution in [0.3, 0.4) is 0 Å². The highest BCUT2D eigenvalue weighted by Gasteiger charge is 2.20. The van der Waals surface area contributed by atoms with Gasteiger partial charge >= 0.3 is 0 Å². The fourth-order valence-corrected chi connectivity index (χ4v) is 1.95. The van der Waals surface area contributed by atoms with Gasteiger partial charge in [-0.2, -0.15) is 0 Å². The van der Waals surface area contributed by atoms with Crippen molar-refractivity contribution in [3.8, 4) is 0 Å². The smallest absolute Gasteiger partial charge is 0.253 e. The van der Waals surface area contributed by atoms with Crippen molar-refractivity contribution >= 4 is 11.6 Å². The van der Waals surface area contributed by atoms with Crippen LogP contribution in [0.2, 0.25) is 0 Å². The molecule has 0 saturated carbocycles. The van der Waals surface area contributed by atoms with Crippen molar-refractivity contribution in [1.29, 1.82) is 0 Å². The van der Waals surface area contributed by atoms with E-state index < -0.39 is 5.82 Å². The van der Waals surface area contributed by atoms with E-state index in [1.165, 1.54) is 6.07 Å². The van der Waals surface area contributed by atoms with Gasteiger partial charge in [-0.05, 0) is 30.9 Å². The number of benzene rings is 1. The molecule has 0 saturated heterocycles. The number of anilines is 1. The van der Waals surface area contributed by atoms with Crippen LogP contribution in [0.15, 0.2) is 18.2 Å². The Bertz CT molecular complexity index is 475. The van der Waals surface area contributed by atoms with E-state index in [0.29, 0.717) is 25.3 Å². The molecule has 0 atom stereocenters. The van der Waals surface area contributed by atoms with Gasteiger partial charge in [0.2, 0.25) is 0 Å². The summed E-state index contributed by atoms with van der Waals surface area (Å²) >= 11 is 0. The summed E-state index contributed by atoms with van der Waals surface area (Å²) in [6, 6.07) is 4.51. The van der Waals surface area contributed by atoms with Crippen molar-refractivity contribution in [1.82, 2.24) is 5.32 Å². The third-order valence-corrected chi connectivity index (χ3v) is 3.32. The summed E-state index contributed by atoms with van der Waals surface area (Å²) in [5, 5.41) is 5.77. The highest BCUT2D eigenvalue weighted by Crippen LogP contribution is 2.22. The number of hydrogen-bond donors (Lipinski definition) is 2. The van der Waals surface area contributed by atoms with E-state index in [0.717, 1.165) is 6.42 Å². The van der Waals surface area contributed by atoms with Gasteiger partial charge in [0.15, 0.2) is 0 Å². The van der Waals surface area contributed by atoms with E-state index in [9.17, 15) is 9.18 Å². The topological polar surface area (TPSA) is 50.4 Å². The van der Waals surface area contributed by atoms with Gasteiger partial charge in [-0.15, -0.1) is 0 Å². The molecule has 0 bridgehead atoms. The molecule has 0 aliphatic carbocycles. The summed E-state index contributed by atoms with van der Waals surface area (Å²) in [7, 11) is 1.66. The molecule has 0 spiro atoms. The van der Waals surface area contributed by atoms with Crippen LogP contribution >= 0.6 is 0 Å². The summed E-state index contributed by atoms with van der Waals surface area (Å²) in [5.74, 6) is -0.681. The van der Waals surface area contributed by atoms with Gasteiger partial charge in [0.05, 0.1) is 11.3 Å². The number of methoxy groups -OCH3 is 1. The Morgan fingerprint density at radius 1 is 1.38 bits per heavy atom. The molecule has 1 amide bonds. The molecule has 21 heavy (non-hydrogen) atoms. The molecule has 5 heteroatoms. The zero-order valence-electron chi connectivity index (χ0n) is 13.3. The molecule has 1 aromatic rings. The maximum Gasteiger partial charge on any atom is 0.253 e. The zero-order valence-corrected chi connectivity index (χ0v) is 13.3. The fraction of sp³-hybridized carbons (Fsp3) is 0.562. The molecular formula is C16H25FN2O2. The Labute approximate surface area is 126 Å². The van der Waals surface area contributed by atoms with Crippen molar-refractivity contribution in [2.45, 2.75) is 27.2 Å². The van der Waals surface area contributed by atoms with E-state index in [2.05, 4.69) is 24.5 Å². The lowest BCUT2D eigenvalue weighted by Crippen LogP contribution is -2.35. The molecule has 118 valence electrons. The largest absolute Gasteiger partial charge is 0.385 e. The normalized spacial score (nSPS) is 11.3. The quantitative estimate of drug-likeness (QED) is 0.775. The summed E-state index contributed by atoms with van der Waals surface area (Å²) < 4.78 is 18.8. The number of halogens is 1. The van der Waals surface area contributed by atoms with E-state index in [1.807, 2.05) is 6.92 Å². The van der Waals surface area contributed by atoms with Crippen molar-refractivity contribution in [2.75, 3.05) is 32.1 Å². The van der Waals surface area contributed by atoms with Gasteiger partial charge < -0.3 is 15.4 Å². The number of hydrogen-bond acceptors (Lipinski definition) is 3. The highest BCUT2D eigenvalue weighted by atomic mass is 19.1. The minimum Gasteiger partial charge on any atom is -0.385 e. The number of ether oxygens (including phenoxy) is 1. The molecular weight excluding hydrogens is 271 g/mol. The molecule has 1 aromatic carbocycles. The molecule has 0 radical (unpaired) electrons. The Morgan fingerprint density at radius 2 is 2.10 bits per heavy atom. The summed E-state index contributed by atoms with van der Waals surface area (Å²) in [5.41, 5.74) is 0.517. The first-order valence-corrected chi connectivity index (χ1v) is 7.21. The lowest BCUT2D eigenvalue weighted by Gasteiger charge is -2.24. The maximum absolute atomic E-state index is 13.8. The third kappa shape index (κ3) is 5.34. The Kier molecular flexibility index (Phi) is 6.62. The van der Waals surface area contributed by atoms with Crippen LogP contribution in [-0.2, 0) is 4.74 Å². The van der Waals surface area contributed by atoms with Crippen LogP contribution in [0.25, 0.3) is 0 Å². The monoisotopic (exact) mass is 296 g/mol. The summed E-state index contributed by atoms with van der Waals surface area (Å²) in [6.07, 6.45) is 0.840. The van der Waals surface area contributed by atoms with E-state index in [4.69, 9.17) is 4.74 Å². The van der Waals surface area contributed by atoms with Crippen molar-refractivity contribution < 1.29 is 13.9 Å². The molecule has 4 nitrogen and oxygen atoms in total. The Hall–Kier alpha value is -1.62. The van der Waals surface area contributed by atoms with Crippen LogP contribution in [0, 0.1) is 11.2 Å². The molecule has 1 rings (SSSR count). The SMILES string of the molecule is CCNc1c(F)cccc1C(=O)NCC(C)(C)CCOC. The lowest BCUT2D eigenvalue weighted by atomic mass is 9.89. The number of nitrogens with one attached hydrogen (secondary N) is 2. The zero-order chi connectivity index (χ0) is 15.9. The van der Waals surface area contributed by atoms with Crippen LogP contribution in [0.4, 0.5) is 10.1 Å². The van der Waals surface area contributed by atoms with E-state index in [1.54, 1.807) is 19.2 Å². The van der Waals surface area contributed by atoms with Crippen molar-refractivity contribution in [3.63, 3.8) is 0 Å². The lowest BCUT2D eigenvalue weighted by molar-refractivity contribution is 0.0921. The van der Waals surface area contributed by atoms with E-state index in [-0.39, 0.29) is 17.0 Å². The Morgan fingerprint density at radius 3 is 2.71 bits per heavy atom. The molecule has 0 aliphatic rings. The average molecular weight is 296 g/mol. The minimum absolute atomic E-state index is 0.0721. The molecule has 0 aromatic heterocycles. The second kappa shape index (κ2) is 7.98. The van der Waals surface area contributed by atoms with Crippen LogP contribution in [0.5, 0.6) is 0 Å². The summed E-state index contributed by atoms with van der Waals surface area (Å²) in [4.78, 5) is 12.3. The van der Waals surface area contributed by atoms with Crippen molar-refractivity contribution in [2.24, 2.45) is 5.41 Å². The van der Waals surface area contributed by atoms with Gasteiger partial charge in [-0.3, -0.25) is 4.79 Å². The standard InChI is InChI=1S/C16H25FN2O2/c1-5-18-14-12(7-6-8-13(14)17)15(20)19-11-16(2,3)9-10-21-4/h6-8,18H,5,9-11H2,1-4H3,(H,19,20). The predicted molar refractivity (Wildman–Crippen MR) is 83.2 cm³/mol. The molecule has 2 N–H and O–H groups in total. The fourth-order valence-electron chi connectivity index (χ4n) is 1.95. The first kappa shape index (κ1) is 17.4. The van der Waals surface area contributed by atoms with Gasteiger partial charge in [-0.1, -0.05) is 19.9 Å². The van der Waals surface area contributed by atoms with Crippen LogP contribution in [-0.4, -0.2) is 32.7 Å². The van der Waals surface area contributed by atoms with Crippen LogP contribution < -0.4 is 10.6 Å².